The van der Waals surface area contributed by atoms with Gasteiger partial charge in [0.15, 0.2) is 5.82 Å². The van der Waals surface area contributed by atoms with Crippen molar-refractivity contribution in [1.29, 1.82) is 0 Å². The Labute approximate surface area is 231 Å². The predicted molar refractivity (Wildman–Crippen MR) is 153 cm³/mol. The van der Waals surface area contributed by atoms with Gasteiger partial charge in [-0.05, 0) is 71.4 Å². The fourth-order valence-corrected chi connectivity index (χ4v) is 5.34. The third kappa shape index (κ3) is 5.26. The van der Waals surface area contributed by atoms with Crippen molar-refractivity contribution in [3.63, 3.8) is 0 Å². The molecule has 0 bridgehead atoms. The minimum absolute atomic E-state index is 0.170. The lowest BCUT2D eigenvalue weighted by Gasteiger charge is -2.39. The molecule has 1 aliphatic heterocycles. The van der Waals surface area contributed by atoms with Gasteiger partial charge in [0, 0.05) is 48.3 Å². The Morgan fingerprint density at radius 1 is 0.975 bits per heavy atom. The molecular formula is C30H31N7O3. The monoisotopic (exact) mass is 537 g/mol. The number of fused-ring (bicyclic) bond motifs is 1. The number of hydrogen-bond donors (Lipinski definition) is 2. The highest BCUT2D eigenvalue weighted by atomic mass is 16.5. The number of pyridine rings is 1. The zero-order valence-corrected chi connectivity index (χ0v) is 22.3. The standard InChI is InChI=1S/C30H31N7O3/c1-2-40-25-12-13-27-22(18-25)19-26(30(39)31-27)28(29-32-33-34-37(29)20-21-6-4-3-5-7-21)36-16-14-35(15-17-36)23-8-10-24(38)11-9-23/h3-13,18-19,28,38H,2,14-17,20H2,1H3,(H,31,39)/t28-/m0/s1. The van der Waals surface area contributed by atoms with Crippen molar-refractivity contribution in [2.45, 2.75) is 19.5 Å². The zero-order valence-electron chi connectivity index (χ0n) is 22.3. The van der Waals surface area contributed by atoms with Crippen molar-refractivity contribution < 1.29 is 9.84 Å². The van der Waals surface area contributed by atoms with E-state index in [9.17, 15) is 9.90 Å². The Morgan fingerprint density at radius 3 is 2.50 bits per heavy atom. The van der Waals surface area contributed by atoms with Crippen LogP contribution < -0.4 is 15.2 Å². The Kier molecular flexibility index (Phi) is 7.15. The average Bonchev–Trinajstić information content (AvgIpc) is 3.42. The minimum Gasteiger partial charge on any atom is -0.508 e. The number of hydrogen-bond acceptors (Lipinski definition) is 8. The number of anilines is 1. The van der Waals surface area contributed by atoms with E-state index in [-0.39, 0.29) is 11.3 Å². The number of nitrogens with one attached hydrogen (secondary N) is 1. The summed E-state index contributed by atoms with van der Waals surface area (Å²) < 4.78 is 7.50. The number of aromatic hydroxyl groups is 1. The van der Waals surface area contributed by atoms with Crippen LogP contribution in [0.4, 0.5) is 5.69 Å². The fraction of sp³-hybridized carbons (Fsp3) is 0.267. The van der Waals surface area contributed by atoms with Gasteiger partial charge in [0.25, 0.3) is 5.56 Å². The summed E-state index contributed by atoms with van der Waals surface area (Å²) in [6, 6.07) is 24.5. The largest absolute Gasteiger partial charge is 0.508 e. The van der Waals surface area contributed by atoms with Crippen LogP contribution in [0.1, 0.15) is 29.9 Å². The van der Waals surface area contributed by atoms with Crippen molar-refractivity contribution in [1.82, 2.24) is 30.1 Å². The highest BCUT2D eigenvalue weighted by Gasteiger charge is 2.33. The Bertz CT molecular complexity index is 1640. The van der Waals surface area contributed by atoms with Crippen LogP contribution in [-0.2, 0) is 6.54 Å². The van der Waals surface area contributed by atoms with E-state index < -0.39 is 6.04 Å². The molecule has 1 aliphatic rings. The van der Waals surface area contributed by atoms with E-state index in [1.807, 2.05) is 73.7 Å². The summed E-state index contributed by atoms with van der Waals surface area (Å²) >= 11 is 0. The smallest absolute Gasteiger partial charge is 0.253 e. The summed E-state index contributed by atoms with van der Waals surface area (Å²) in [6.07, 6.45) is 0. The number of benzene rings is 3. The Hall–Kier alpha value is -4.70. The number of nitrogens with zero attached hydrogens (tertiary/aromatic N) is 6. The van der Waals surface area contributed by atoms with Gasteiger partial charge in [0.1, 0.15) is 17.5 Å². The van der Waals surface area contributed by atoms with Gasteiger partial charge in [-0.15, -0.1) is 5.10 Å². The topological polar surface area (TPSA) is 112 Å². The maximum absolute atomic E-state index is 13.6. The van der Waals surface area contributed by atoms with Gasteiger partial charge in [-0.2, -0.15) is 0 Å². The molecule has 3 aromatic carbocycles. The van der Waals surface area contributed by atoms with Gasteiger partial charge in [0.2, 0.25) is 0 Å². The van der Waals surface area contributed by atoms with Crippen LogP contribution in [0, 0.1) is 0 Å². The summed E-state index contributed by atoms with van der Waals surface area (Å²) in [6.45, 7) is 5.89. The lowest BCUT2D eigenvalue weighted by atomic mass is 10.0. The van der Waals surface area contributed by atoms with Gasteiger partial charge < -0.3 is 19.7 Å². The molecule has 1 saturated heterocycles. The summed E-state index contributed by atoms with van der Waals surface area (Å²) in [5, 5.41) is 23.4. The maximum Gasteiger partial charge on any atom is 0.253 e. The number of phenolic OH excluding ortho intramolecular Hbond substituents is 1. The maximum atomic E-state index is 13.6. The highest BCUT2D eigenvalue weighted by molar-refractivity contribution is 5.80. The highest BCUT2D eigenvalue weighted by Crippen LogP contribution is 2.30. The van der Waals surface area contributed by atoms with Crippen molar-refractivity contribution in [2.24, 2.45) is 0 Å². The van der Waals surface area contributed by atoms with Gasteiger partial charge in [-0.3, -0.25) is 9.69 Å². The van der Waals surface area contributed by atoms with Gasteiger partial charge in [0.05, 0.1) is 13.2 Å². The molecule has 0 radical (unpaired) electrons. The molecule has 0 saturated carbocycles. The van der Waals surface area contributed by atoms with E-state index in [1.54, 1.807) is 16.8 Å². The second kappa shape index (κ2) is 11.2. The molecule has 1 atom stereocenters. The van der Waals surface area contributed by atoms with Gasteiger partial charge in [-0.1, -0.05) is 30.3 Å². The molecule has 0 amide bonds. The quantitative estimate of drug-likeness (QED) is 0.309. The molecule has 5 aromatic rings. The molecule has 40 heavy (non-hydrogen) atoms. The molecule has 204 valence electrons. The molecule has 0 spiro atoms. The second-order valence-electron chi connectivity index (χ2n) is 9.86. The SMILES string of the molecule is CCOc1ccc2[nH]c(=O)c([C@@H](c3nnnn3Cc3ccccc3)N3CCN(c4ccc(O)cc4)CC3)cc2c1. The molecule has 3 heterocycles. The van der Waals surface area contributed by atoms with Crippen LogP contribution in [0.25, 0.3) is 10.9 Å². The number of phenols is 1. The van der Waals surface area contributed by atoms with E-state index in [0.717, 1.165) is 41.0 Å². The number of aromatic nitrogens is 5. The normalized spacial score (nSPS) is 14.9. The number of H-pyrrole nitrogens is 1. The first kappa shape index (κ1) is 25.6. The molecule has 1 fully saturated rings. The molecule has 0 unspecified atom stereocenters. The second-order valence-corrected chi connectivity index (χ2v) is 9.86. The average molecular weight is 538 g/mol. The molecule has 6 rings (SSSR count). The van der Waals surface area contributed by atoms with Gasteiger partial charge in [-0.25, -0.2) is 4.68 Å². The summed E-state index contributed by atoms with van der Waals surface area (Å²) in [5.41, 5.74) is 3.29. The number of ether oxygens (including phenoxy) is 1. The summed E-state index contributed by atoms with van der Waals surface area (Å²) in [7, 11) is 0. The van der Waals surface area contributed by atoms with Crippen LogP contribution in [0.2, 0.25) is 0 Å². The van der Waals surface area contributed by atoms with Crippen molar-refractivity contribution in [3.8, 4) is 11.5 Å². The number of rotatable bonds is 8. The molecule has 10 heteroatoms. The first-order chi connectivity index (χ1) is 19.6. The van der Waals surface area contributed by atoms with E-state index in [0.29, 0.717) is 37.6 Å². The third-order valence-corrected chi connectivity index (χ3v) is 7.32. The van der Waals surface area contributed by atoms with E-state index in [1.165, 1.54) is 0 Å². The lowest BCUT2D eigenvalue weighted by Crippen LogP contribution is -2.49. The molecule has 0 aliphatic carbocycles. The fourth-order valence-electron chi connectivity index (χ4n) is 5.34. The molecule has 10 nitrogen and oxygen atoms in total. The molecule has 2 aromatic heterocycles. The Morgan fingerprint density at radius 2 is 1.75 bits per heavy atom. The first-order valence-corrected chi connectivity index (χ1v) is 13.5. The van der Waals surface area contributed by atoms with Crippen LogP contribution in [0.5, 0.6) is 11.5 Å². The zero-order chi connectivity index (χ0) is 27.5. The van der Waals surface area contributed by atoms with E-state index in [4.69, 9.17) is 4.74 Å². The number of tetrazole rings is 1. The minimum atomic E-state index is -0.454. The summed E-state index contributed by atoms with van der Waals surface area (Å²) in [4.78, 5) is 21.2. The first-order valence-electron chi connectivity index (χ1n) is 13.5. The number of aromatic amines is 1. The van der Waals surface area contributed by atoms with Crippen molar-refractivity contribution >= 4 is 16.6 Å². The van der Waals surface area contributed by atoms with Crippen molar-refractivity contribution in [3.05, 3.63) is 106 Å². The van der Waals surface area contributed by atoms with Crippen molar-refractivity contribution in [2.75, 3.05) is 37.7 Å². The Balaban J connectivity index is 1.38. The van der Waals surface area contributed by atoms with E-state index >= 15 is 0 Å². The van der Waals surface area contributed by atoms with Crippen LogP contribution in [0.3, 0.4) is 0 Å². The van der Waals surface area contributed by atoms with Crippen LogP contribution >= 0.6 is 0 Å². The van der Waals surface area contributed by atoms with Gasteiger partial charge >= 0.3 is 0 Å². The van der Waals surface area contributed by atoms with Crippen LogP contribution in [-0.4, -0.2) is 68.0 Å². The van der Waals surface area contributed by atoms with E-state index in [2.05, 4.69) is 30.3 Å². The third-order valence-electron chi connectivity index (χ3n) is 7.32. The lowest BCUT2D eigenvalue weighted by molar-refractivity contribution is 0.200. The number of piperazine rings is 1. The van der Waals surface area contributed by atoms with Crippen LogP contribution in [0.15, 0.2) is 83.7 Å². The summed E-state index contributed by atoms with van der Waals surface area (Å²) in [5.74, 6) is 1.62. The predicted octanol–water partition coefficient (Wildman–Crippen LogP) is 3.58. The molecular weight excluding hydrogens is 506 g/mol. The molecule has 2 N–H and O–H groups in total.